The minimum atomic E-state index is -0.326. The van der Waals surface area contributed by atoms with Gasteiger partial charge in [-0.2, -0.15) is 0 Å². The maximum Gasteiger partial charge on any atom is 0.264 e. The molecule has 5 heteroatoms. The SMILES string of the molecule is Cc1cc2c(cc1C)OC(C(=O)N1CCC3CCC(C1)N3)C2.Cl. The number of rotatable bonds is 1. The van der Waals surface area contributed by atoms with Crippen molar-refractivity contribution >= 4 is 18.3 Å². The molecule has 2 saturated heterocycles. The number of carbonyl (C=O) groups excluding carboxylic acids is 1. The average Bonchev–Trinajstić information content (AvgIpc) is 3.02. The lowest BCUT2D eigenvalue weighted by molar-refractivity contribution is -0.138. The second-order valence-electron chi connectivity index (χ2n) is 7.07. The van der Waals surface area contributed by atoms with Crippen LogP contribution in [0.15, 0.2) is 12.1 Å². The van der Waals surface area contributed by atoms with Gasteiger partial charge in [0, 0.05) is 31.6 Å². The molecule has 1 aromatic carbocycles. The van der Waals surface area contributed by atoms with E-state index in [0.29, 0.717) is 18.5 Å². The van der Waals surface area contributed by atoms with Crippen LogP contribution in [0, 0.1) is 13.8 Å². The van der Waals surface area contributed by atoms with Gasteiger partial charge in [-0.1, -0.05) is 6.07 Å². The minimum absolute atomic E-state index is 0. The van der Waals surface area contributed by atoms with E-state index in [0.717, 1.165) is 25.3 Å². The van der Waals surface area contributed by atoms with E-state index in [4.69, 9.17) is 4.74 Å². The number of likely N-dealkylation sites (tertiary alicyclic amines) is 1. The van der Waals surface area contributed by atoms with Gasteiger partial charge in [0.2, 0.25) is 0 Å². The lowest BCUT2D eigenvalue weighted by atomic mass is 10.0. The summed E-state index contributed by atoms with van der Waals surface area (Å²) in [5.74, 6) is 1.07. The Hall–Kier alpha value is -1.26. The van der Waals surface area contributed by atoms with Crippen LogP contribution < -0.4 is 10.1 Å². The van der Waals surface area contributed by atoms with Crippen molar-refractivity contribution in [1.29, 1.82) is 0 Å². The molecule has 1 aromatic rings. The van der Waals surface area contributed by atoms with Crippen molar-refractivity contribution in [1.82, 2.24) is 10.2 Å². The van der Waals surface area contributed by atoms with Crippen LogP contribution in [0.3, 0.4) is 0 Å². The Morgan fingerprint density at radius 3 is 2.74 bits per heavy atom. The summed E-state index contributed by atoms with van der Waals surface area (Å²) in [6, 6.07) is 5.33. The molecule has 1 N–H and O–H groups in total. The zero-order chi connectivity index (χ0) is 15.3. The molecule has 0 spiro atoms. The van der Waals surface area contributed by atoms with Gasteiger partial charge >= 0.3 is 0 Å². The van der Waals surface area contributed by atoms with Gasteiger partial charge in [0.1, 0.15) is 5.75 Å². The van der Waals surface area contributed by atoms with Crippen molar-refractivity contribution in [2.45, 2.75) is 57.7 Å². The normalized spacial score (nSPS) is 28.6. The predicted molar refractivity (Wildman–Crippen MR) is 92.4 cm³/mol. The van der Waals surface area contributed by atoms with Crippen molar-refractivity contribution < 1.29 is 9.53 Å². The fraction of sp³-hybridized carbons (Fsp3) is 0.611. The summed E-state index contributed by atoms with van der Waals surface area (Å²) in [5.41, 5.74) is 3.67. The van der Waals surface area contributed by atoms with Crippen LogP contribution in [-0.4, -0.2) is 42.1 Å². The lowest BCUT2D eigenvalue weighted by Gasteiger charge is -2.26. The average molecular weight is 337 g/mol. The molecule has 3 atom stereocenters. The maximum absolute atomic E-state index is 12.8. The summed E-state index contributed by atoms with van der Waals surface area (Å²) in [6.07, 6.45) is 3.91. The maximum atomic E-state index is 12.8. The smallest absolute Gasteiger partial charge is 0.264 e. The van der Waals surface area contributed by atoms with Crippen LogP contribution in [0.2, 0.25) is 0 Å². The molecule has 3 heterocycles. The monoisotopic (exact) mass is 336 g/mol. The van der Waals surface area contributed by atoms with Gasteiger partial charge in [0.05, 0.1) is 0 Å². The lowest BCUT2D eigenvalue weighted by Crippen LogP contribution is -2.45. The number of hydrogen-bond acceptors (Lipinski definition) is 3. The number of aryl methyl sites for hydroxylation is 2. The van der Waals surface area contributed by atoms with Gasteiger partial charge in [0.25, 0.3) is 5.91 Å². The molecule has 2 bridgehead atoms. The number of nitrogens with one attached hydrogen (secondary N) is 1. The minimum Gasteiger partial charge on any atom is -0.480 e. The first kappa shape index (κ1) is 16.6. The number of nitrogens with zero attached hydrogens (tertiary/aromatic N) is 1. The third-order valence-corrected chi connectivity index (χ3v) is 5.46. The van der Waals surface area contributed by atoms with Gasteiger partial charge in [-0.3, -0.25) is 4.79 Å². The largest absolute Gasteiger partial charge is 0.480 e. The third kappa shape index (κ3) is 3.07. The summed E-state index contributed by atoms with van der Waals surface area (Å²) in [5, 5.41) is 3.63. The van der Waals surface area contributed by atoms with Crippen molar-refractivity contribution in [2.24, 2.45) is 0 Å². The Kier molecular flexibility index (Phi) is 4.56. The van der Waals surface area contributed by atoms with Gasteiger partial charge in [-0.05, 0) is 55.9 Å². The second-order valence-corrected chi connectivity index (χ2v) is 7.07. The Labute approximate surface area is 144 Å². The van der Waals surface area contributed by atoms with Crippen LogP contribution in [-0.2, 0) is 11.2 Å². The fourth-order valence-electron chi connectivity index (χ4n) is 4.00. The molecule has 3 aliphatic heterocycles. The number of ether oxygens (including phenoxy) is 1. The van der Waals surface area contributed by atoms with Crippen molar-refractivity contribution in [3.63, 3.8) is 0 Å². The number of fused-ring (bicyclic) bond motifs is 3. The van der Waals surface area contributed by atoms with Crippen molar-refractivity contribution in [2.75, 3.05) is 13.1 Å². The number of carbonyl (C=O) groups is 1. The highest BCUT2D eigenvalue weighted by Crippen LogP contribution is 2.32. The number of benzene rings is 1. The molecule has 4 rings (SSSR count). The molecule has 0 radical (unpaired) electrons. The first-order valence-electron chi connectivity index (χ1n) is 8.42. The van der Waals surface area contributed by atoms with Gasteiger partial charge in [-0.15, -0.1) is 12.4 Å². The molecule has 0 aliphatic carbocycles. The standard InChI is InChI=1S/C18H24N2O2.ClH/c1-11-7-13-9-17(22-16(13)8-12(11)2)18(21)20-6-5-14-3-4-15(10-20)19-14;/h7-8,14-15,17,19H,3-6,9-10H2,1-2H3;1H. The summed E-state index contributed by atoms with van der Waals surface area (Å²) in [4.78, 5) is 14.9. The zero-order valence-electron chi connectivity index (χ0n) is 13.8. The number of hydrogen-bond donors (Lipinski definition) is 1. The first-order chi connectivity index (χ1) is 10.6. The molecule has 1 amide bonds. The molecule has 126 valence electrons. The fourth-order valence-corrected chi connectivity index (χ4v) is 4.00. The van der Waals surface area contributed by atoms with E-state index >= 15 is 0 Å². The summed E-state index contributed by atoms with van der Waals surface area (Å²) < 4.78 is 5.97. The number of amides is 1. The van der Waals surface area contributed by atoms with E-state index in [1.807, 2.05) is 4.90 Å². The Bertz CT molecular complexity index is 588. The zero-order valence-corrected chi connectivity index (χ0v) is 14.6. The van der Waals surface area contributed by atoms with Gasteiger partial charge in [-0.25, -0.2) is 0 Å². The van der Waals surface area contributed by atoms with Crippen molar-refractivity contribution in [3.05, 3.63) is 28.8 Å². The highest BCUT2D eigenvalue weighted by atomic mass is 35.5. The quantitative estimate of drug-likeness (QED) is 0.856. The van der Waals surface area contributed by atoms with Crippen molar-refractivity contribution in [3.8, 4) is 5.75 Å². The second kappa shape index (κ2) is 6.33. The molecular formula is C18H25ClN2O2. The first-order valence-corrected chi connectivity index (χ1v) is 8.42. The molecule has 2 fully saturated rings. The van der Waals surface area contributed by atoms with Crippen LogP contribution in [0.5, 0.6) is 5.75 Å². The Balaban J connectivity index is 0.00000156. The molecule has 0 aromatic heterocycles. The van der Waals surface area contributed by atoms with Crippen LogP contribution in [0.1, 0.15) is 36.0 Å². The highest BCUT2D eigenvalue weighted by molar-refractivity contribution is 5.85. The Morgan fingerprint density at radius 2 is 1.91 bits per heavy atom. The molecule has 3 aliphatic rings. The van der Waals surface area contributed by atoms with Crippen LogP contribution in [0.25, 0.3) is 0 Å². The van der Waals surface area contributed by atoms with E-state index in [9.17, 15) is 4.79 Å². The topological polar surface area (TPSA) is 41.6 Å². The highest BCUT2D eigenvalue weighted by Gasteiger charge is 2.36. The summed E-state index contributed by atoms with van der Waals surface area (Å²) in [6.45, 7) is 5.90. The number of halogens is 1. The van der Waals surface area contributed by atoms with Crippen LogP contribution in [0.4, 0.5) is 0 Å². The molecule has 4 nitrogen and oxygen atoms in total. The van der Waals surface area contributed by atoms with E-state index in [1.54, 1.807) is 0 Å². The van der Waals surface area contributed by atoms with E-state index in [2.05, 4.69) is 31.3 Å². The summed E-state index contributed by atoms with van der Waals surface area (Å²) >= 11 is 0. The van der Waals surface area contributed by atoms with E-state index in [1.165, 1.54) is 29.5 Å². The Morgan fingerprint density at radius 1 is 1.17 bits per heavy atom. The van der Waals surface area contributed by atoms with Gasteiger partial charge < -0.3 is 15.0 Å². The van der Waals surface area contributed by atoms with E-state index < -0.39 is 0 Å². The van der Waals surface area contributed by atoms with Gasteiger partial charge in [0.15, 0.2) is 6.10 Å². The molecular weight excluding hydrogens is 312 g/mol. The summed E-state index contributed by atoms with van der Waals surface area (Å²) in [7, 11) is 0. The molecule has 0 saturated carbocycles. The van der Waals surface area contributed by atoms with Crippen LogP contribution >= 0.6 is 12.4 Å². The third-order valence-electron chi connectivity index (χ3n) is 5.46. The molecule has 3 unspecified atom stereocenters. The predicted octanol–water partition coefficient (Wildman–Crippen LogP) is 2.38. The van der Waals surface area contributed by atoms with E-state index in [-0.39, 0.29) is 24.4 Å². The molecule has 23 heavy (non-hydrogen) atoms.